The molecule has 26 heavy (non-hydrogen) atoms. The molecule has 1 aliphatic heterocycles. The molecule has 0 radical (unpaired) electrons. The summed E-state index contributed by atoms with van der Waals surface area (Å²) in [5.41, 5.74) is 16.3. The predicted molar refractivity (Wildman–Crippen MR) is 104 cm³/mol. The maximum atomic E-state index is 9.77. The molecule has 3 aromatic carbocycles. The lowest BCUT2D eigenvalue weighted by atomic mass is 9.66. The third-order valence-electron chi connectivity index (χ3n) is 5.10. The number of nitrogen functional groups attached to an aromatic ring is 2. The molecule has 1 atom stereocenters. The van der Waals surface area contributed by atoms with Crippen molar-refractivity contribution >= 4 is 11.4 Å². The van der Waals surface area contributed by atoms with Gasteiger partial charge < -0.3 is 21.3 Å². The summed E-state index contributed by atoms with van der Waals surface area (Å²) < 4.78 is 5.60. The van der Waals surface area contributed by atoms with Gasteiger partial charge in [-0.2, -0.15) is 0 Å². The summed E-state index contributed by atoms with van der Waals surface area (Å²) in [7, 11) is 0. The predicted octanol–water partition coefficient (Wildman–Crippen LogP) is 3.68. The molecule has 1 unspecified atom stereocenters. The second kappa shape index (κ2) is 6.39. The van der Waals surface area contributed by atoms with Gasteiger partial charge in [-0.05, 0) is 59.5 Å². The zero-order valence-corrected chi connectivity index (χ0v) is 14.4. The minimum Gasteiger partial charge on any atom is -0.508 e. The molecule has 0 aromatic heterocycles. The fourth-order valence-electron chi connectivity index (χ4n) is 3.66. The van der Waals surface area contributed by atoms with Crippen molar-refractivity contribution < 1.29 is 9.84 Å². The Kier molecular flexibility index (Phi) is 4.05. The van der Waals surface area contributed by atoms with Gasteiger partial charge >= 0.3 is 0 Å². The van der Waals surface area contributed by atoms with Gasteiger partial charge in [0, 0.05) is 16.8 Å². The first-order chi connectivity index (χ1) is 12.6. The van der Waals surface area contributed by atoms with Gasteiger partial charge in [-0.1, -0.05) is 36.4 Å². The van der Waals surface area contributed by atoms with Crippen molar-refractivity contribution in [3.05, 3.63) is 89.5 Å². The van der Waals surface area contributed by atoms with E-state index in [0.29, 0.717) is 0 Å². The largest absolute Gasteiger partial charge is 0.508 e. The number of hydrogen-bond acceptors (Lipinski definition) is 4. The molecule has 4 rings (SSSR count). The number of ether oxygens (including phenoxy) is 1. The molecular formula is C22H22N2O2. The molecule has 4 nitrogen and oxygen atoms in total. The maximum absolute atomic E-state index is 9.77. The maximum Gasteiger partial charge on any atom is 0.115 e. The molecule has 1 heterocycles. The summed E-state index contributed by atoms with van der Waals surface area (Å²) in [5, 5.41) is 9.77. The molecule has 0 amide bonds. The van der Waals surface area contributed by atoms with Crippen LogP contribution in [0.5, 0.6) is 5.75 Å². The molecule has 0 aliphatic carbocycles. The van der Waals surface area contributed by atoms with Crippen LogP contribution in [-0.4, -0.2) is 17.8 Å². The number of aromatic hydroxyl groups is 1. The molecule has 0 saturated carbocycles. The second-order valence-electron chi connectivity index (χ2n) is 6.86. The van der Waals surface area contributed by atoms with Crippen molar-refractivity contribution in [3.8, 4) is 5.75 Å². The highest BCUT2D eigenvalue weighted by Crippen LogP contribution is 2.46. The highest BCUT2D eigenvalue weighted by molar-refractivity contribution is 5.55. The van der Waals surface area contributed by atoms with Gasteiger partial charge in [-0.25, -0.2) is 0 Å². The van der Waals surface area contributed by atoms with E-state index in [1.54, 1.807) is 12.1 Å². The third kappa shape index (κ3) is 3.00. The third-order valence-corrected chi connectivity index (χ3v) is 5.10. The number of epoxide rings is 1. The summed E-state index contributed by atoms with van der Waals surface area (Å²) in [6.45, 7) is 0.768. The van der Waals surface area contributed by atoms with Gasteiger partial charge in [-0.15, -0.1) is 0 Å². The van der Waals surface area contributed by atoms with Crippen LogP contribution in [0.15, 0.2) is 72.8 Å². The molecule has 1 fully saturated rings. The molecule has 0 spiro atoms. The first kappa shape index (κ1) is 16.5. The molecule has 132 valence electrons. The summed E-state index contributed by atoms with van der Waals surface area (Å²) in [6.07, 6.45) is 1.02. The van der Waals surface area contributed by atoms with E-state index >= 15 is 0 Å². The van der Waals surface area contributed by atoms with Gasteiger partial charge in [-0.3, -0.25) is 0 Å². The average molecular weight is 346 g/mol. The van der Waals surface area contributed by atoms with Crippen molar-refractivity contribution in [2.24, 2.45) is 0 Å². The Balaban J connectivity index is 1.96. The van der Waals surface area contributed by atoms with Crippen LogP contribution in [0.2, 0.25) is 0 Å². The highest BCUT2D eigenvalue weighted by Gasteiger charge is 2.42. The molecule has 5 N–H and O–H groups in total. The van der Waals surface area contributed by atoms with E-state index < -0.39 is 5.41 Å². The van der Waals surface area contributed by atoms with E-state index in [2.05, 4.69) is 24.3 Å². The van der Waals surface area contributed by atoms with Crippen molar-refractivity contribution in [1.29, 1.82) is 0 Å². The van der Waals surface area contributed by atoms with E-state index in [9.17, 15) is 5.11 Å². The molecule has 3 aromatic rings. The number of hydrogen-bond donors (Lipinski definition) is 3. The van der Waals surface area contributed by atoms with Crippen LogP contribution in [0.4, 0.5) is 11.4 Å². The second-order valence-corrected chi connectivity index (χ2v) is 6.86. The quantitative estimate of drug-likeness (QED) is 0.374. The SMILES string of the molecule is Nc1ccc(C(CC2CO2)(c2ccc(N)cc2)c2ccc(O)cc2)cc1. The number of benzene rings is 3. The van der Waals surface area contributed by atoms with Gasteiger partial charge in [0.15, 0.2) is 0 Å². The van der Waals surface area contributed by atoms with E-state index in [1.807, 2.05) is 36.4 Å². The van der Waals surface area contributed by atoms with Crippen molar-refractivity contribution in [2.75, 3.05) is 18.1 Å². The van der Waals surface area contributed by atoms with Crippen molar-refractivity contribution in [1.82, 2.24) is 0 Å². The van der Waals surface area contributed by atoms with E-state index in [0.717, 1.165) is 41.1 Å². The first-order valence-electron chi connectivity index (χ1n) is 8.71. The lowest BCUT2D eigenvalue weighted by Gasteiger charge is -2.36. The Bertz CT molecular complexity index is 772. The van der Waals surface area contributed by atoms with Gasteiger partial charge in [0.1, 0.15) is 5.75 Å². The summed E-state index contributed by atoms with van der Waals surface area (Å²) >= 11 is 0. The smallest absolute Gasteiger partial charge is 0.115 e. The molecule has 0 bridgehead atoms. The van der Waals surface area contributed by atoms with Gasteiger partial charge in [0.05, 0.1) is 12.7 Å². The topological polar surface area (TPSA) is 84.8 Å². The fraction of sp³-hybridized carbons (Fsp3) is 0.182. The normalized spacial score (nSPS) is 16.4. The van der Waals surface area contributed by atoms with Gasteiger partial charge in [0.2, 0.25) is 0 Å². The van der Waals surface area contributed by atoms with Gasteiger partial charge in [0.25, 0.3) is 0 Å². The van der Waals surface area contributed by atoms with E-state index in [1.165, 1.54) is 0 Å². The zero-order valence-electron chi connectivity index (χ0n) is 14.4. The standard InChI is InChI=1S/C22H22N2O2/c23-18-7-1-15(2-8-18)22(13-21-14-26-21,16-3-9-19(24)10-4-16)17-5-11-20(25)12-6-17/h1-12,21,25H,13-14,23-24H2. The Morgan fingerprint density at radius 2 is 1.15 bits per heavy atom. The van der Waals surface area contributed by atoms with Crippen LogP contribution < -0.4 is 11.5 Å². The minimum absolute atomic E-state index is 0.207. The lowest BCUT2D eigenvalue weighted by Crippen LogP contribution is -2.31. The van der Waals surface area contributed by atoms with Crippen molar-refractivity contribution in [2.45, 2.75) is 17.9 Å². The number of nitrogens with two attached hydrogens (primary N) is 2. The fourth-order valence-corrected chi connectivity index (χ4v) is 3.66. The monoisotopic (exact) mass is 346 g/mol. The molecule has 4 heteroatoms. The number of rotatable bonds is 5. The van der Waals surface area contributed by atoms with Crippen LogP contribution in [-0.2, 0) is 10.2 Å². The Morgan fingerprint density at radius 1 is 0.769 bits per heavy atom. The minimum atomic E-state index is -0.406. The average Bonchev–Trinajstić information content (AvgIpc) is 3.46. The van der Waals surface area contributed by atoms with E-state index in [4.69, 9.17) is 16.2 Å². The zero-order chi connectivity index (χ0) is 18.1. The number of phenolic OH excluding ortho intramolecular Hbond substituents is 1. The van der Waals surface area contributed by atoms with Crippen LogP contribution in [0.1, 0.15) is 23.1 Å². The lowest BCUT2D eigenvalue weighted by molar-refractivity contribution is 0.366. The Hall–Kier alpha value is -2.98. The first-order valence-corrected chi connectivity index (χ1v) is 8.71. The van der Waals surface area contributed by atoms with Crippen LogP contribution in [0.3, 0.4) is 0 Å². The van der Waals surface area contributed by atoms with Crippen LogP contribution in [0.25, 0.3) is 0 Å². The number of anilines is 2. The number of phenols is 1. The van der Waals surface area contributed by atoms with Crippen molar-refractivity contribution in [3.63, 3.8) is 0 Å². The summed E-state index contributed by atoms with van der Waals surface area (Å²) in [4.78, 5) is 0. The molecule has 1 saturated heterocycles. The summed E-state index contributed by atoms with van der Waals surface area (Å²) in [6, 6.07) is 23.4. The Labute approximate surface area is 153 Å². The molecule has 1 aliphatic rings. The summed E-state index contributed by atoms with van der Waals surface area (Å²) in [5.74, 6) is 0.250. The molecular weight excluding hydrogens is 324 g/mol. The van der Waals surface area contributed by atoms with E-state index in [-0.39, 0.29) is 11.9 Å². The Morgan fingerprint density at radius 3 is 1.54 bits per heavy atom. The highest BCUT2D eigenvalue weighted by atomic mass is 16.6. The van der Waals surface area contributed by atoms with Crippen LogP contribution >= 0.6 is 0 Å². The van der Waals surface area contributed by atoms with Crippen LogP contribution in [0, 0.1) is 0 Å².